The van der Waals surface area contributed by atoms with Gasteiger partial charge in [0.1, 0.15) is 0 Å². The topological polar surface area (TPSA) is 0 Å². The van der Waals surface area contributed by atoms with Crippen LogP contribution in [-0.4, -0.2) is 0 Å². The zero-order valence-corrected chi connectivity index (χ0v) is 9.36. The van der Waals surface area contributed by atoms with Crippen LogP contribution in [0.25, 0.3) is 0 Å². The van der Waals surface area contributed by atoms with Gasteiger partial charge in [-0.3, -0.25) is 0 Å². The molecule has 0 atom stereocenters. The first kappa shape index (κ1) is 76.2. The Kier molecular flexibility index (Phi) is 641. The minimum Gasteiger partial charge on any atom is -0.147 e. The summed E-state index contributed by atoms with van der Waals surface area (Å²) in [5.74, 6) is 0. The van der Waals surface area contributed by atoms with Gasteiger partial charge in [0, 0.05) is 41.5 Å². The average molecular weight is 447 g/mol. The largest absolute Gasteiger partial charge is 0.147 e. The first-order valence-corrected chi connectivity index (χ1v) is 0. The van der Waals surface area contributed by atoms with Gasteiger partial charge >= 0.3 is 0 Å². The Morgan fingerprint density at radius 2 is 0.500 bits per heavy atom. The van der Waals surface area contributed by atoms with Crippen molar-refractivity contribution >= 4 is 49.6 Å². The number of rotatable bonds is 0. The maximum absolute atomic E-state index is 0. The van der Waals surface area contributed by atoms with Crippen LogP contribution >= 0.6 is 49.6 Å². The first-order valence-electron chi connectivity index (χ1n) is 0. The van der Waals surface area contributed by atoms with Crippen LogP contribution in [0.3, 0.4) is 0 Å². The molecule has 0 heterocycles. The molecule has 0 amide bonds. The predicted molar refractivity (Wildman–Crippen MR) is 29.0 cm³/mol. The van der Waals surface area contributed by atoms with Gasteiger partial charge in [0.2, 0.25) is 0 Å². The van der Waals surface area contributed by atoms with Crippen molar-refractivity contribution in [3.63, 3.8) is 0 Å². The Balaban J connectivity index is 0. The molecule has 0 aromatic rings. The second kappa shape index (κ2) is 50.5. The summed E-state index contributed by atoms with van der Waals surface area (Å²) in [5.41, 5.74) is 0. The van der Waals surface area contributed by atoms with Crippen LogP contribution in [0, 0.1) is 0 Å². The predicted octanol–water partition coefficient (Wildman–Crippen LogP) is 1.68. The summed E-state index contributed by atoms with van der Waals surface area (Å²) >= 11 is 0. The van der Waals surface area contributed by atoms with E-state index in [1.807, 2.05) is 0 Å². The SMILES string of the molecule is Cl.Cl.Cl.Cl.[Pd].[Pt]. The second-order valence-electron chi connectivity index (χ2n) is 0. The molecule has 0 rings (SSSR count). The summed E-state index contributed by atoms with van der Waals surface area (Å²) in [4.78, 5) is 0. The summed E-state index contributed by atoms with van der Waals surface area (Å²) < 4.78 is 0. The van der Waals surface area contributed by atoms with E-state index in [9.17, 15) is 0 Å². The standard InChI is InChI=1S/4ClH.Pd.Pt/h4*1H;;. The minimum absolute atomic E-state index is 0. The fraction of sp³-hybridized carbons (Fsp3) is 0. The number of hydrogen-bond donors (Lipinski definition) is 0. The summed E-state index contributed by atoms with van der Waals surface area (Å²) in [6.07, 6.45) is 0. The first-order chi connectivity index (χ1) is 0. The molecule has 0 unspecified atom stereocenters. The van der Waals surface area contributed by atoms with Crippen molar-refractivity contribution in [1.29, 1.82) is 0 Å². The minimum atomic E-state index is 0. The van der Waals surface area contributed by atoms with Gasteiger partial charge in [-0.1, -0.05) is 0 Å². The van der Waals surface area contributed by atoms with E-state index in [2.05, 4.69) is 0 Å². The van der Waals surface area contributed by atoms with E-state index in [0.29, 0.717) is 0 Å². The van der Waals surface area contributed by atoms with Crippen LogP contribution in [0.5, 0.6) is 0 Å². The van der Waals surface area contributed by atoms with Crippen molar-refractivity contribution in [3.8, 4) is 0 Å². The molecule has 0 saturated heterocycles. The summed E-state index contributed by atoms with van der Waals surface area (Å²) in [6, 6.07) is 0. The molecule has 0 nitrogen and oxygen atoms in total. The molecular weight excluding hydrogens is 443 g/mol. The van der Waals surface area contributed by atoms with Crippen molar-refractivity contribution in [3.05, 3.63) is 0 Å². The summed E-state index contributed by atoms with van der Waals surface area (Å²) in [6.45, 7) is 0. The fourth-order valence-corrected chi connectivity index (χ4v) is 0. The monoisotopic (exact) mass is 445 g/mol. The molecule has 52 valence electrons. The van der Waals surface area contributed by atoms with Gasteiger partial charge in [0.25, 0.3) is 0 Å². The maximum Gasteiger partial charge on any atom is 0 e. The van der Waals surface area contributed by atoms with Crippen molar-refractivity contribution in [2.24, 2.45) is 0 Å². The summed E-state index contributed by atoms with van der Waals surface area (Å²) in [5, 5.41) is 0. The molecule has 0 spiro atoms. The van der Waals surface area contributed by atoms with Crippen LogP contribution in [0.15, 0.2) is 0 Å². The van der Waals surface area contributed by atoms with Crippen molar-refractivity contribution in [1.82, 2.24) is 0 Å². The Hall–Kier alpha value is 2.51. The molecule has 0 aliphatic heterocycles. The third-order valence-electron chi connectivity index (χ3n) is 0. The van der Waals surface area contributed by atoms with Gasteiger partial charge in [0.05, 0.1) is 0 Å². The van der Waals surface area contributed by atoms with Crippen LogP contribution < -0.4 is 0 Å². The molecule has 0 aromatic carbocycles. The summed E-state index contributed by atoms with van der Waals surface area (Å²) in [7, 11) is 0. The van der Waals surface area contributed by atoms with Gasteiger partial charge in [0.15, 0.2) is 0 Å². The third-order valence-corrected chi connectivity index (χ3v) is 0. The van der Waals surface area contributed by atoms with E-state index in [-0.39, 0.29) is 91.1 Å². The normalized spacial score (nSPS) is 0. The van der Waals surface area contributed by atoms with Gasteiger partial charge in [-0.15, -0.1) is 49.6 Å². The van der Waals surface area contributed by atoms with Crippen molar-refractivity contribution < 1.29 is 41.5 Å². The van der Waals surface area contributed by atoms with E-state index in [1.165, 1.54) is 0 Å². The smallest absolute Gasteiger partial charge is 0 e. The Bertz CT molecular complexity index is 7.51. The molecule has 0 fully saturated rings. The Morgan fingerprint density at radius 3 is 0.500 bits per heavy atom. The van der Waals surface area contributed by atoms with E-state index >= 15 is 0 Å². The molecule has 0 N–H and O–H groups in total. The maximum atomic E-state index is 0. The molecular formula is H4Cl4PdPt. The van der Waals surface area contributed by atoms with Gasteiger partial charge < -0.3 is 0 Å². The molecule has 0 aliphatic carbocycles. The van der Waals surface area contributed by atoms with Crippen molar-refractivity contribution in [2.75, 3.05) is 0 Å². The van der Waals surface area contributed by atoms with E-state index in [0.717, 1.165) is 0 Å². The van der Waals surface area contributed by atoms with Gasteiger partial charge in [-0.2, -0.15) is 0 Å². The fourth-order valence-electron chi connectivity index (χ4n) is 0. The second-order valence-corrected chi connectivity index (χ2v) is 0. The van der Waals surface area contributed by atoms with Gasteiger partial charge in [-0.05, 0) is 0 Å². The van der Waals surface area contributed by atoms with E-state index in [4.69, 9.17) is 0 Å². The molecule has 6 heteroatoms. The molecule has 0 aromatic heterocycles. The van der Waals surface area contributed by atoms with E-state index < -0.39 is 0 Å². The number of hydrogen-bond acceptors (Lipinski definition) is 0. The van der Waals surface area contributed by atoms with Crippen LogP contribution in [0.1, 0.15) is 0 Å². The van der Waals surface area contributed by atoms with Crippen molar-refractivity contribution in [2.45, 2.75) is 0 Å². The Morgan fingerprint density at radius 1 is 0.500 bits per heavy atom. The van der Waals surface area contributed by atoms with Crippen LogP contribution in [0.2, 0.25) is 0 Å². The zero-order valence-electron chi connectivity index (χ0n) is 2.27. The zero-order chi connectivity index (χ0) is 0. The molecule has 0 bridgehead atoms. The molecule has 0 aliphatic rings. The quantitative estimate of drug-likeness (QED) is 0.496. The van der Waals surface area contributed by atoms with Crippen LogP contribution in [0.4, 0.5) is 0 Å². The van der Waals surface area contributed by atoms with Gasteiger partial charge in [-0.25, -0.2) is 0 Å². The van der Waals surface area contributed by atoms with Crippen LogP contribution in [-0.2, 0) is 41.5 Å². The number of halogens is 4. The average Bonchev–Trinajstić information content (AvgIpc) is 0. The molecule has 0 saturated carbocycles. The molecule has 6 heavy (non-hydrogen) atoms. The Labute approximate surface area is 90.1 Å². The molecule has 0 radical (unpaired) electrons. The van der Waals surface area contributed by atoms with E-state index in [1.54, 1.807) is 0 Å². The third kappa shape index (κ3) is 31.4.